The van der Waals surface area contributed by atoms with Crippen LogP contribution < -0.4 is 5.32 Å². The molecule has 2 heteroatoms. The van der Waals surface area contributed by atoms with Crippen LogP contribution in [-0.4, -0.2) is 17.4 Å². The van der Waals surface area contributed by atoms with Crippen molar-refractivity contribution in [3.05, 3.63) is 24.3 Å². The summed E-state index contributed by atoms with van der Waals surface area (Å²) in [5, 5.41) is 12.1. The Morgan fingerprint density at radius 2 is 2.56 bits per heavy atom. The standard InChI is InChI=1S/C7H11NO/c1-6-3-4-7(2,9)8-5-6/h3-4,8-9H,1,5H2,2H3. The topological polar surface area (TPSA) is 32.3 Å². The Kier molecular flexibility index (Phi) is 1.43. The molecule has 1 atom stereocenters. The summed E-state index contributed by atoms with van der Waals surface area (Å²) in [6.07, 6.45) is 3.52. The normalized spacial score (nSPS) is 35.1. The van der Waals surface area contributed by atoms with Gasteiger partial charge in [-0.25, -0.2) is 0 Å². The Hall–Kier alpha value is -0.600. The van der Waals surface area contributed by atoms with Crippen LogP contribution in [0.25, 0.3) is 0 Å². The molecule has 0 saturated heterocycles. The lowest BCUT2D eigenvalue weighted by Crippen LogP contribution is -2.43. The SMILES string of the molecule is C=C1C=CC(C)(O)NC1. The summed E-state index contributed by atoms with van der Waals surface area (Å²) in [7, 11) is 0. The van der Waals surface area contributed by atoms with Gasteiger partial charge in [0.15, 0.2) is 0 Å². The number of hydrogen-bond acceptors (Lipinski definition) is 2. The first-order chi connectivity index (χ1) is 4.10. The quantitative estimate of drug-likeness (QED) is 0.491. The second-order valence-electron chi connectivity index (χ2n) is 2.49. The van der Waals surface area contributed by atoms with E-state index in [9.17, 15) is 5.11 Å². The third-order valence-corrected chi connectivity index (χ3v) is 1.32. The van der Waals surface area contributed by atoms with Gasteiger partial charge in [0.2, 0.25) is 0 Å². The molecule has 1 aliphatic heterocycles. The van der Waals surface area contributed by atoms with Crippen LogP contribution in [0.2, 0.25) is 0 Å². The zero-order valence-corrected chi connectivity index (χ0v) is 5.52. The number of hydrogen-bond donors (Lipinski definition) is 2. The van der Waals surface area contributed by atoms with Gasteiger partial charge < -0.3 is 5.11 Å². The van der Waals surface area contributed by atoms with E-state index in [2.05, 4.69) is 11.9 Å². The Bertz CT molecular complexity index is 158. The fraction of sp³-hybridized carbons (Fsp3) is 0.429. The maximum atomic E-state index is 9.25. The van der Waals surface area contributed by atoms with Crippen LogP contribution in [0, 0.1) is 0 Å². The lowest BCUT2D eigenvalue weighted by Gasteiger charge is -2.24. The molecule has 2 nitrogen and oxygen atoms in total. The minimum absolute atomic E-state index is 0.670. The van der Waals surface area contributed by atoms with Gasteiger partial charge in [-0.3, -0.25) is 5.32 Å². The molecule has 0 aliphatic carbocycles. The maximum absolute atomic E-state index is 9.25. The van der Waals surface area contributed by atoms with Crippen molar-refractivity contribution >= 4 is 0 Å². The Balaban J connectivity index is 2.69. The molecule has 2 N–H and O–H groups in total. The molecule has 1 aliphatic rings. The minimum Gasteiger partial charge on any atom is -0.372 e. The Morgan fingerprint density at radius 3 is 2.89 bits per heavy atom. The molecular formula is C7H11NO. The molecule has 0 radical (unpaired) electrons. The fourth-order valence-corrected chi connectivity index (χ4v) is 0.690. The van der Waals surface area contributed by atoms with Crippen LogP contribution in [-0.2, 0) is 0 Å². The fourth-order valence-electron chi connectivity index (χ4n) is 0.690. The molecule has 1 rings (SSSR count). The molecule has 0 aromatic rings. The molecule has 0 fully saturated rings. The third kappa shape index (κ3) is 1.66. The first-order valence-electron chi connectivity index (χ1n) is 2.94. The zero-order chi connectivity index (χ0) is 6.91. The van der Waals surface area contributed by atoms with Gasteiger partial charge in [-0.1, -0.05) is 12.7 Å². The molecule has 50 valence electrons. The van der Waals surface area contributed by atoms with E-state index in [1.165, 1.54) is 0 Å². The average molecular weight is 125 g/mol. The van der Waals surface area contributed by atoms with Crippen molar-refractivity contribution in [3.63, 3.8) is 0 Å². The highest BCUT2D eigenvalue weighted by atomic mass is 16.3. The van der Waals surface area contributed by atoms with Crippen molar-refractivity contribution in [2.75, 3.05) is 6.54 Å². The van der Waals surface area contributed by atoms with E-state index in [4.69, 9.17) is 0 Å². The van der Waals surface area contributed by atoms with E-state index >= 15 is 0 Å². The second kappa shape index (κ2) is 1.97. The molecule has 0 amide bonds. The molecule has 0 aromatic carbocycles. The molecular weight excluding hydrogens is 114 g/mol. The third-order valence-electron chi connectivity index (χ3n) is 1.32. The van der Waals surface area contributed by atoms with Crippen molar-refractivity contribution in [1.82, 2.24) is 5.32 Å². The molecule has 9 heavy (non-hydrogen) atoms. The average Bonchev–Trinajstić information content (AvgIpc) is 1.78. The monoisotopic (exact) mass is 125 g/mol. The summed E-state index contributed by atoms with van der Waals surface area (Å²) in [5.74, 6) is 0. The van der Waals surface area contributed by atoms with Gasteiger partial charge in [0.1, 0.15) is 5.72 Å². The van der Waals surface area contributed by atoms with Crippen molar-refractivity contribution in [2.45, 2.75) is 12.6 Å². The highest BCUT2D eigenvalue weighted by molar-refractivity contribution is 5.23. The molecule has 0 saturated carbocycles. The summed E-state index contributed by atoms with van der Waals surface area (Å²) >= 11 is 0. The van der Waals surface area contributed by atoms with Crippen molar-refractivity contribution in [1.29, 1.82) is 0 Å². The molecule has 0 spiro atoms. The zero-order valence-electron chi connectivity index (χ0n) is 5.52. The van der Waals surface area contributed by atoms with Crippen molar-refractivity contribution in [2.24, 2.45) is 0 Å². The van der Waals surface area contributed by atoms with Crippen LogP contribution in [0.5, 0.6) is 0 Å². The lowest BCUT2D eigenvalue weighted by atomic mass is 10.1. The van der Waals surface area contributed by atoms with Gasteiger partial charge in [0.25, 0.3) is 0 Å². The predicted molar refractivity (Wildman–Crippen MR) is 36.9 cm³/mol. The van der Waals surface area contributed by atoms with Crippen LogP contribution >= 0.6 is 0 Å². The first-order valence-corrected chi connectivity index (χ1v) is 2.94. The summed E-state index contributed by atoms with van der Waals surface area (Å²) in [6, 6.07) is 0. The Labute approximate surface area is 54.9 Å². The second-order valence-corrected chi connectivity index (χ2v) is 2.49. The number of aliphatic hydroxyl groups is 1. The summed E-state index contributed by atoms with van der Waals surface area (Å²) in [5.41, 5.74) is 0.169. The molecule has 1 heterocycles. The van der Waals surface area contributed by atoms with E-state index in [1.54, 1.807) is 13.0 Å². The van der Waals surface area contributed by atoms with E-state index in [0.29, 0.717) is 6.54 Å². The molecule has 1 unspecified atom stereocenters. The minimum atomic E-state index is -0.832. The van der Waals surface area contributed by atoms with Gasteiger partial charge >= 0.3 is 0 Å². The van der Waals surface area contributed by atoms with E-state index in [0.717, 1.165) is 5.57 Å². The van der Waals surface area contributed by atoms with Crippen LogP contribution in [0.15, 0.2) is 24.3 Å². The first kappa shape index (κ1) is 6.52. The maximum Gasteiger partial charge on any atom is 0.132 e. The van der Waals surface area contributed by atoms with E-state index in [1.807, 2.05) is 6.08 Å². The van der Waals surface area contributed by atoms with Gasteiger partial charge in [0.05, 0.1) is 0 Å². The smallest absolute Gasteiger partial charge is 0.132 e. The Morgan fingerprint density at radius 1 is 1.89 bits per heavy atom. The van der Waals surface area contributed by atoms with Gasteiger partial charge in [-0.05, 0) is 18.6 Å². The van der Waals surface area contributed by atoms with E-state index in [-0.39, 0.29) is 0 Å². The van der Waals surface area contributed by atoms with Crippen LogP contribution in [0.3, 0.4) is 0 Å². The van der Waals surface area contributed by atoms with Gasteiger partial charge in [0, 0.05) is 6.54 Å². The summed E-state index contributed by atoms with van der Waals surface area (Å²) in [6.45, 7) is 6.09. The largest absolute Gasteiger partial charge is 0.372 e. The number of rotatable bonds is 0. The van der Waals surface area contributed by atoms with Crippen molar-refractivity contribution in [3.8, 4) is 0 Å². The van der Waals surface area contributed by atoms with Crippen molar-refractivity contribution < 1.29 is 5.11 Å². The predicted octanol–water partition coefficient (Wildman–Crippen LogP) is 0.410. The highest BCUT2D eigenvalue weighted by Gasteiger charge is 2.17. The van der Waals surface area contributed by atoms with E-state index < -0.39 is 5.72 Å². The van der Waals surface area contributed by atoms with Crippen LogP contribution in [0.1, 0.15) is 6.92 Å². The van der Waals surface area contributed by atoms with Gasteiger partial charge in [-0.2, -0.15) is 0 Å². The molecule has 0 bridgehead atoms. The number of nitrogens with one attached hydrogen (secondary N) is 1. The van der Waals surface area contributed by atoms with Gasteiger partial charge in [-0.15, -0.1) is 0 Å². The lowest BCUT2D eigenvalue weighted by molar-refractivity contribution is 0.0746. The van der Waals surface area contributed by atoms with Crippen LogP contribution in [0.4, 0.5) is 0 Å². The molecule has 0 aromatic heterocycles. The highest BCUT2D eigenvalue weighted by Crippen LogP contribution is 2.08. The summed E-state index contributed by atoms with van der Waals surface area (Å²) < 4.78 is 0. The summed E-state index contributed by atoms with van der Waals surface area (Å²) in [4.78, 5) is 0.